The predicted molar refractivity (Wildman–Crippen MR) is 63.1 cm³/mol. The van der Waals surface area contributed by atoms with Crippen LogP contribution in [0.1, 0.15) is 40.0 Å². The number of morpholine rings is 1. The third-order valence-corrected chi connectivity index (χ3v) is 4.06. The molecule has 2 aliphatic heterocycles. The summed E-state index contributed by atoms with van der Waals surface area (Å²) in [5, 5.41) is 12.3. The van der Waals surface area contributed by atoms with Crippen molar-refractivity contribution in [3.05, 3.63) is 0 Å². The molecule has 2 atom stereocenters. The molecule has 0 aliphatic carbocycles. The lowest BCUT2D eigenvalue weighted by atomic mass is 9.85. The van der Waals surface area contributed by atoms with Crippen LogP contribution in [0, 0.1) is 0 Å². The molecule has 2 fully saturated rings. The molecule has 0 radical (unpaired) electrons. The van der Waals surface area contributed by atoms with Gasteiger partial charge in [-0.2, -0.15) is 0 Å². The second kappa shape index (κ2) is 4.34. The Kier molecular flexibility index (Phi) is 3.22. The zero-order chi connectivity index (χ0) is 11.8. The quantitative estimate of drug-likeness (QED) is 0.577. The van der Waals surface area contributed by atoms with Crippen molar-refractivity contribution in [2.75, 3.05) is 13.2 Å². The summed E-state index contributed by atoms with van der Waals surface area (Å²) in [7, 11) is 0. The van der Waals surface area contributed by atoms with Crippen LogP contribution in [-0.2, 0) is 4.74 Å². The van der Waals surface area contributed by atoms with E-state index in [9.17, 15) is 0 Å². The molecule has 2 heterocycles. The number of hydrogen-bond donors (Lipinski definition) is 1. The number of fused-ring (bicyclic) bond motifs is 2. The van der Waals surface area contributed by atoms with E-state index in [1.807, 2.05) is 0 Å². The monoisotopic (exact) mass is 226 g/mol. The van der Waals surface area contributed by atoms with Gasteiger partial charge in [0.25, 0.3) is 0 Å². The minimum absolute atomic E-state index is 0.208. The molecule has 16 heavy (non-hydrogen) atoms. The second-order valence-electron chi connectivity index (χ2n) is 5.49. The van der Waals surface area contributed by atoms with Crippen LogP contribution in [0.15, 0.2) is 5.16 Å². The molecule has 4 nitrogen and oxygen atoms in total. The number of oxime groups is 1. The number of piperidine rings is 1. The molecule has 0 aromatic rings. The van der Waals surface area contributed by atoms with E-state index in [1.54, 1.807) is 0 Å². The van der Waals surface area contributed by atoms with Gasteiger partial charge in [-0.1, -0.05) is 12.1 Å². The van der Waals surface area contributed by atoms with Crippen molar-refractivity contribution in [3.63, 3.8) is 0 Å². The molecule has 0 saturated carbocycles. The summed E-state index contributed by atoms with van der Waals surface area (Å²) in [6.07, 6.45) is 2.82. The van der Waals surface area contributed by atoms with Gasteiger partial charge < -0.3 is 9.94 Å². The molecule has 4 heteroatoms. The van der Waals surface area contributed by atoms with Crippen LogP contribution in [0.2, 0.25) is 0 Å². The van der Waals surface area contributed by atoms with Crippen LogP contribution in [0.4, 0.5) is 0 Å². The first-order valence-corrected chi connectivity index (χ1v) is 6.14. The van der Waals surface area contributed by atoms with E-state index in [1.165, 1.54) is 0 Å². The van der Waals surface area contributed by atoms with Gasteiger partial charge in [-0.05, 0) is 20.3 Å². The Labute approximate surface area is 97.3 Å². The fourth-order valence-corrected chi connectivity index (χ4v) is 2.99. The Morgan fingerprint density at radius 1 is 1.38 bits per heavy atom. The van der Waals surface area contributed by atoms with E-state index in [4.69, 9.17) is 9.94 Å². The Morgan fingerprint density at radius 2 is 1.94 bits per heavy atom. The Bertz CT molecular complexity index is 273. The van der Waals surface area contributed by atoms with Gasteiger partial charge in [0.15, 0.2) is 0 Å². The van der Waals surface area contributed by atoms with Gasteiger partial charge in [0, 0.05) is 30.5 Å². The number of hydrogen-bond acceptors (Lipinski definition) is 4. The summed E-state index contributed by atoms with van der Waals surface area (Å²) in [4.78, 5) is 2.57. The standard InChI is InChI=1S/C12H22N2O2/c1-4-12(2,3)14-10-5-9(13-15)6-11(14)8-16-7-10/h10-11,15H,4-8H2,1-3H3. The SMILES string of the molecule is CCC(C)(C)N1C2COCC1CC(=NO)C2. The summed E-state index contributed by atoms with van der Waals surface area (Å²) < 4.78 is 5.62. The van der Waals surface area contributed by atoms with Crippen molar-refractivity contribution >= 4 is 5.71 Å². The third kappa shape index (κ3) is 1.96. The minimum Gasteiger partial charge on any atom is -0.411 e. The van der Waals surface area contributed by atoms with Gasteiger partial charge in [0.2, 0.25) is 0 Å². The molecule has 2 saturated heterocycles. The van der Waals surface area contributed by atoms with E-state index in [-0.39, 0.29) is 5.54 Å². The van der Waals surface area contributed by atoms with Crippen molar-refractivity contribution in [2.24, 2.45) is 5.16 Å². The van der Waals surface area contributed by atoms with E-state index in [0.29, 0.717) is 12.1 Å². The van der Waals surface area contributed by atoms with Crippen molar-refractivity contribution in [1.82, 2.24) is 4.90 Å². The maximum atomic E-state index is 8.92. The lowest BCUT2D eigenvalue weighted by Crippen LogP contribution is -2.64. The predicted octanol–water partition coefficient (Wildman–Crippen LogP) is 1.87. The molecular formula is C12H22N2O2. The van der Waals surface area contributed by atoms with Crippen LogP contribution >= 0.6 is 0 Å². The second-order valence-corrected chi connectivity index (χ2v) is 5.49. The maximum absolute atomic E-state index is 8.92. The fraction of sp³-hybridized carbons (Fsp3) is 0.917. The first-order chi connectivity index (χ1) is 7.58. The number of ether oxygens (including phenoxy) is 1. The van der Waals surface area contributed by atoms with Crippen molar-refractivity contribution in [3.8, 4) is 0 Å². The number of rotatable bonds is 2. The highest BCUT2D eigenvalue weighted by Crippen LogP contribution is 2.34. The van der Waals surface area contributed by atoms with Gasteiger partial charge in [-0.15, -0.1) is 0 Å². The van der Waals surface area contributed by atoms with Gasteiger partial charge in [-0.25, -0.2) is 0 Å². The molecule has 1 N–H and O–H groups in total. The largest absolute Gasteiger partial charge is 0.411 e. The van der Waals surface area contributed by atoms with Crippen LogP contribution in [0.3, 0.4) is 0 Å². The lowest BCUT2D eigenvalue weighted by molar-refractivity contribution is -0.0991. The van der Waals surface area contributed by atoms with Crippen molar-refractivity contribution < 1.29 is 9.94 Å². The summed E-state index contributed by atoms with van der Waals surface area (Å²) in [5.74, 6) is 0. The van der Waals surface area contributed by atoms with Gasteiger partial charge >= 0.3 is 0 Å². The van der Waals surface area contributed by atoms with Gasteiger partial charge in [0.05, 0.1) is 18.9 Å². The van der Waals surface area contributed by atoms with Crippen LogP contribution < -0.4 is 0 Å². The van der Waals surface area contributed by atoms with Crippen molar-refractivity contribution in [2.45, 2.75) is 57.7 Å². The smallest absolute Gasteiger partial charge is 0.0626 e. The summed E-state index contributed by atoms with van der Waals surface area (Å²) in [5.41, 5.74) is 1.14. The topological polar surface area (TPSA) is 45.1 Å². The highest BCUT2D eigenvalue weighted by Gasteiger charge is 2.43. The van der Waals surface area contributed by atoms with Crippen LogP contribution in [0.25, 0.3) is 0 Å². The van der Waals surface area contributed by atoms with Crippen molar-refractivity contribution in [1.29, 1.82) is 0 Å². The molecular weight excluding hydrogens is 204 g/mol. The Morgan fingerprint density at radius 3 is 2.38 bits per heavy atom. The Balaban J connectivity index is 2.21. The lowest BCUT2D eigenvalue weighted by Gasteiger charge is -2.53. The third-order valence-electron chi connectivity index (χ3n) is 4.06. The molecule has 2 unspecified atom stereocenters. The summed E-state index contributed by atoms with van der Waals surface area (Å²) in [6, 6.07) is 0.765. The molecule has 92 valence electrons. The molecule has 2 aliphatic rings. The highest BCUT2D eigenvalue weighted by molar-refractivity contribution is 5.86. The minimum atomic E-state index is 0.208. The van der Waals surface area contributed by atoms with Gasteiger partial charge in [0.1, 0.15) is 0 Å². The molecule has 0 amide bonds. The molecule has 2 rings (SSSR count). The maximum Gasteiger partial charge on any atom is 0.0626 e. The first kappa shape index (κ1) is 11.9. The first-order valence-electron chi connectivity index (χ1n) is 6.14. The zero-order valence-corrected chi connectivity index (χ0v) is 10.4. The molecule has 0 aromatic carbocycles. The zero-order valence-electron chi connectivity index (χ0n) is 10.4. The molecule has 2 bridgehead atoms. The van der Waals surface area contributed by atoms with Crippen LogP contribution in [-0.4, -0.2) is 46.7 Å². The molecule has 0 spiro atoms. The average Bonchev–Trinajstić information content (AvgIpc) is 2.27. The van der Waals surface area contributed by atoms with Gasteiger partial charge in [-0.3, -0.25) is 4.90 Å². The summed E-state index contributed by atoms with van der Waals surface area (Å²) in [6.45, 7) is 8.34. The number of nitrogens with zero attached hydrogens (tertiary/aromatic N) is 2. The normalized spacial score (nSPS) is 31.6. The van der Waals surface area contributed by atoms with E-state index >= 15 is 0 Å². The Hall–Kier alpha value is -0.610. The van der Waals surface area contributed by atoms with E-state index in [2.05, 4.69) is 30.8 Å². The highest BCUT2D eigenvalue weighted by atomic mass is 16.5. The van der Waals surface area contributed by atoms with E-state index < -0.39 is 0 Å². The average molecular weight is 226 g/mol. The van der Waals surface area contributed by atoms with E-state index in [0.717, 1.165) is 38.2 Å². The fourth-order valence-electron chi connectivity index (χ4n) is 2.99. The van der Waals surface area contributed by atoms with Crippen LogP contribution in [0.5, 0.6) is 0 Å². The molecule has 0 aromatic heterocycles. The summed E-state index contributed by atoms with van der Waals surface area (Å²) >= 11 is 0.